The summed E-state index contributed by atoms with van der Waals surface area (Å²) < 4.78 is 84.1. The molecule has 0 spiro atoms. The molecule has 2 amide bonds. The molecule has 3 N–H and O–H groups in total. The Morgan fingerprint density at radius 2 is 1.93 bits per heavy atom. The summed E-state index contributed by atoms with van der Waals surface area (Å²) in [6.45, 7) is 6.64. The topological polar surface area (TPSA) is 123 Å². The first kappa shape index (κ1) is 32.0. The molecule has 16 heteroatoms. The zero-order chi connectivity index (χ0) is 31.1. The number of hydrogen-bond donors (Lipinski definition) is 2. The van der Waals surface area contributed by atoms with Crippen LogP contribution in [0.5, 0.6) is 5.88 Å². The molecule has 2 heterocycles. The number of fused-ring (bicyclic) bond motifs is 1. The number of aliphatic imine (C=N–C) groups is 1. The van der Waals surface area contributed by atoms with Crippen LogP contribution < -0.4 is 15.8 Å². The Balaban J connectivity index is 1.73. The lowest BCUT2D eigenvalue weighted by molar-refractivity contribution is -0.148. The third-order valence-electron chi connectivity index (χ3n) is 6.82. The number of carbonyl (C=O) groups is 2. The molecule has 0 radical (unpaired) electrons. The minimum atomic E-state index is -4.41. The van der Waals surface area contributed by atoms with Crippen LogP contribution >= 0.6 is 11.8 Å². The van der Waals surface area contributed by atoms with E-state index in [1.807, 2.05) is 0 Å². The van der Waals surface area contributed by atoms with Gasteiger partial charge in [0.2, 0.25) is 11.8 Å². The Morgan fingerprint density at radius 1 is 1.29 bits per heavy atom. The van der Waals surface area contributed by atoms with Crippen LogP contribution in [0.4, 0.5) is 26.3 Å². The van der Waals surface area contributed by atoms with E-state index < -0.39 is 58.6 Å². The molecule has 9 nitrogen and oxygen atoms in total. The number of amides is 2. The van der Waals surface area contributed by atoms with E-state index >= 15 is 4.39 Å². The van der Waals surface area contributed by atoms with E-state index in [-0.39, 0.29) is 34.0 Å². The monoisotopic (exact) mass is 606 g/mol. The number of thioether (sulfide) groups is 1. The minimum Gasteiger partial charge on any atom is -0.470 e. The van der Waals surface area contributed by atoms with Crippen LogP contribution in [-0.2, 0) is 4.79 Å². The fraction of sp³-hybridized carbons (Fsp3) is 0.480. The van der Waals surface area contributed by atoms with E-state index in [4.69, 9.17) is 5.73 Å². The second-order valence-corrected chi connectivity index (χ2v) is 11.3. The first-order valence-electron chi connectivity index (χ1n) is 12.0. The molecule has 224 valence electrons. The third kappa shape index (κ3) is 6.06. The highest BCUT2D eigenvalue weighted by molar-refractivity contribution is 8.15. The van der Waals surface area contributed by atoms with Gasteiger partial charge in [-0.1, -0.05) is 25.3 Å². The predicted octanol–water partition coefficient (Wildman–Crippen LogP) is 4.01. The van der Waals surface area contributed by atoms with E-state index in [1.165, 1.54) is 18.7 Å². The number of aromatic nitrogens is 2. The van der Waals surface area contributed by atoms with Gasteiger partial charge in [-0.3, -0.25) is 14.6 Å². The predicted molar refractivity (Wildman–Crippen MR) is 140 cm³/mol. The zero-order valence-corrected chi connectivity index (χ0v) is 23.5. The average molecular weight is 607 g/mol. The van der Waals surface area contributed by atoms with Gasteiger partial charge in [0.05, 0.1) is 17.9 Å². The van der Waals surface area contributed by atoms with Gasteiger partial charge in [0.15, 0.2) is 23.4 Å². The quantitative estimate of drug-likeness (QED) is 0.305. The Kier molecular flexibility index (Phi) is 8.86. The van der Waals surface area contributed by atoms with Gasteiger partial charge in [-0.2, -0.15) is 8.78 Å². The van der Waals surface area contributed by atoms with Crippen molar-refractivity contribution in [2.45, 2.75) is 43.4 Å². The summed E-state index contributed by atoms with van der Waals surface area (Å²) in [5, 5.41) is 2.29. The molecule has 0 bridgehead atoms. The molecule has 0 saturated heterocycles. The average Bonchev–Trinajstić information content (AvgIpc) is 3.51. The fourth-order valence-corrected chi connectivity index (χ4v) is 6.37. The number of amidine groups is 1. The Bertz CT molecular complexity index is 1340. The lowest BCUT2D eigenvalue weighted by Crippen LogP contribution is -2.45. The Morgan fingerprint density at radius 3 is 2.46 bits per heavy atom. The lowest BCUT2D eigenvalue weighted by atomic mass is 9.84. The lowest BCUT2D eigenvalue weighted by Gasteiger charge is -2.34. The van der Waals surface area contributed by atoms with E-state index in [9.17, 15) is 31.5 Å². The first-order valence-corrected chi connectivity index (χ1v) is 12.8. The van der Waals surface area contributed by atoms with E-state index in [1.54, 1.807) is 21.0 Å². The Hall–Kier alpha value is -3.56. The highest BCUT2D eigenvalue weighted by Gasteiger charge is 2.76. The van der Waals surface area contributed by atoms with Crippen molar-refractivity contribution >= 4 is 28.7 Å². The van der Waals surface area contributed by atoms with Crippen molar-refractivity contribution in [1.29, 1.82) is 0 Å². The normalized spacial score (nSPS) is 26.4. The number of carbonyl (C=O) groups excluding carboxylic acids is 2. The molecule has 1 aromatic heterocycles. The van der Waals surface area contributed by atoms with Crippen LogP contribution in [0.25, 0.3) is 0 Å². The number of alkyl halides is 4. The molecule has 0 aromatic carbocycles. The molecule has 1 fully saturated rings. The standard InChI is InChI=1S/C25H28F6N6O3S/c1-11(35-19(38)15-8-34-16(9-33-15)40-10-24(30,31)20(28)29)7-14(26)17(27)12(2)23(4)18-13(3)25(18,21(39)37(5)6)41-22(32)36-23/h7-9,13,18,20H,2,10H2,1,3-6H3,(H2,32,36)(H,35,38)/b11-7+,17-14-/t13-,18-,23+,25-/m0/s1. The van der Waals surface area contributed by atoms with Gasteiger partial charge >= 0.3 is 12.3 Å². The molecular weight excluding hydrogens is 578 g/mol. The summed E-state index contributed by atoms with van der Waals surface area (Å²) >= 11 is 1.09. The van der Waals surface area contributed by atoms with Crippen LogP contribution in [0.15, 0.2) is 53.0 Å². The summed E-state index contributed by atoms with van der Waals surface area (Å²) in [4.78, 5) is 38.3. The van der Waals surface area contributed by atoms with Gasteiger partial charge in [0.1, 0.15) is 10.4 Å². The molecule has 1 aromatic rings. The second-order valence-electron chi connectivity index (χ2n) is 9.97. The maximum atomic E-state index is 15.3. The van der Waals surface area contributed by atoms with Crippen LogP contribution in [0, 0.1) is 11.8 Å². The second kappa shape index (κ2) is 11.4. The van der Waals surface area contributed by atoms with E-state index in [0.29, 0.717) is 6.08 Å². The van der Waals surface area contributed by atoms with Crippen molar-refractivity contribution in [2.24, 2.45) is 22.6 Å². The van der Waals surface area contributed by atoms with Crippen LogP contribution in [-0.4, -0.2) is 75.2 Å². The molecule has 41 heavy (non-hydrogen) atoms. The highest BCUT2D eigenvalue weighted by Crippen LogP contribution is 2.69. The molecule has 1 aliphatic carbocycles. The Labute approximate surface area is 236 Å². The van der Waals surface area contributed by atoms with Crippen molar-refractivity contribution in [1.82, 2.24) is 20.2 Å². The van der Waals surface area contributed by atoms with Gasteiger partial charge in [-0.05, 0) is 25.8 Å². The molecule has 3 rings (SSSR count). The molecule has 1 aliphatic heterocycles. The largest absolute Gasteiger partial charge is 0.470 e. The summed E-state index contributed by atoms with van der Waals surface area (Å²) in [6, 6.07) is 0. The van der Waals surface area contributed by atoms with E-state index in [0.717, 1.165) is 24.2 Å². The molecule has 0 unspecified atom stereocenters. The number of allylic oxidation sites excluding steroid dienone is 3. The number of nitrogens with zero attached hydrogens (tertiary/aromatic N) is 4. The van der Waals surface area contributed by atoms with Crippen molar-refractivity contribution < 1.29 is 40.7 Å². The summed E-state index contributed by atoms with van der Waals surface area (Å²) in [7, 11) is 3.17. The number of halogens is 6. The number of nitrogens with two attached hydrogens (primary N) is 1. The van der Waals surface area contributed by atoms with Crippen molar-refractivity contribution in [3.05, 3.63) is 53.7 Å². The first-order chi connectivity index (χ1) is 18.9. The van der Waals surface area contributed by atoms with Crippen molar-refractivity contribution in [2.75, 3.05) is 20.7 Å². The van der Waals surface area contributed by atoms with Crippen LogP contribution in [0.2, 0.25) is 0 Å². The van der Waals surface area contributed by atoms with Crippen molar-refractivity contribution in [3.63, 3.8) is 0 Å². The van der Waals surface area contributed by atoms with Gasteiger partial charge < -0.3 is 20.7 Å². The minimum absolute atomic E-state index is 0.0388. The van der Waals surface area contributed by atoms with Crippen LogP contribution in [0.3, 0.4) is 0 Å². The maximum Gasteiger partial charge on any atom is 0.340 e. The van der Waals surface area contributed by atoms with Crippen molar-refractivity contribution in [3.8, 4) is 5.88 Å². The van der Waals surface area contributed by atoms with E-state index in [2.05, 4.69) is 31.6 Å². The number of nitrogens with one attached hydrogen (secondary N) is 1. The van der Waals surface area contributed by atoms with Gasteiger partial charge in [0, 0.05) is 31.3 Å². The van der Waals surface area contributed by atoms with Gasteiger partial charge in [-0.25, -0.2) is 27.5 Å². The molecule has 1 saturated carbocycles. The fourth-order valence-electron chi connectivity index (χ4n) is 4.70. The smallest absolute Gasteiger partial charge is 0.340 e. The highest BCUT2D eigenvalue weighted by atomic mass is 32.2. The zero-order valence-electron chi connectivity index (χ0n) is 22.6. The summed E-state index contributed by atoms with van der Waals surface area (Å²) in [5.74, 6) is -9.60. The number of hydrogen-bond acceptors (Lipinski definition) is 8. The summed E-state index contributed by atoms with van der Waals surface area (Å²) in [5.41, 5.74) is 3.73. The molecule has 4 atom stereocenters. The number of ether oxygens (including phenoxy) is 1. The SMILES string of the molecule is C=C(/C(F)=C(F)\C=C(/C)NC(=O)c1cnc(OCC(F)(F)C(F)F)cn1)[C@@]1(C)N=C(N)S[C@]2(C(=O)N(C)C)[C@H]1[C@@H]2C. The van der Waals surface area contributed by atoms with Gasteiger partial charge in [-0.15, -0.1) is 0 Å². The third-order valence-corrected chi connectivity index (χ3v) is 8.26. The van der Waals surface area contributed by atoms with Gasteiger partial charge in [0.25, 0.3) is 5.91 Å². The molecule has 2 aliphatic rings. The maximum absolute atomic E-state index is 15.3. The van der Waals surface area contributed by atoms with Crippen LogP contribution in [0.1, 0.15) is 31.3 Å². The number of rotatable bonds is 10. The summed E-state index contributed by atoms with van der Waals surface area (Å²) in [6.07, 6.45) is -1.68. The molecular formula is C25H28F6N6O3S.